The van der Waals surface area contributed by atoms with Gasteiger partial charge in [-0.3, -0.25) is 4.98 Å². The maximum atomic E-state index is 5.18. The SMILES string of the molecule is c1ccc(-c2ccc(-c3nc4ccccc4nc3-c3cccc(-c4ccc(-c5cc6cccnc6c6ccccc56)cc4)c3)cc2)cc1. The number of para-hydroxylation sites is 2. The highest BCUT2D eigenvalue weighted by Gasteiger charge is 2.15. The van der Waals surface area contributed by atoms with Gasteiger partial charge in [-0.05, 0) is 69.1 Å². The van der Waals surface area contributed by atoms with Crippen molar-refractivity contribution in [3.05, 3.63) is 176 Å². The second-order valence-electron chi connectivity index (χ2n) is 12.1. The van der Waals surface area contributed by atoms with Crippen LogP contribution in [-0.2, 0) is 0 Å². The summed E-state index contributed by atoms with van der Waals surface area (Å²) >= 11 is 0. The molecule has 48 heavy (non-hydrogen) atoms. The summed E-state index contributed by atoms with van der Waals surface area (Å²) in [7, 11) is 0. The first-order valence-electron chi connectivity index (χ1n) is 16.2. The van der Waals surface area contributed by atoms with Crippen molar-refractivity contribution in [3.63, 3.8) is 0 Å². The lowest BCUT2D eigenvalue weighted by Gasteiger charge is -2.13. The number of fused-ring (bicyclic) bond motifs is 4. The summed E-state index contributed by atoms with van der Waals surface area (Å²) in [4.78, 5) is 15.0. The van der Waals surface area contributed by atoms with Gasteiger partial charge in [0.25, 0.3) is 0 Å². The van der Waals surface area contributed by atoms with Gasteiger partial charge in [-0.15, -0.1) is 0 Å². The van der Waals surface area contributed by atoms with E-state index >= 15 is 0 Å². The average Bonchev–Trinajstić information content (AvgIpc) is 3.17. The molecule has 0 saturated carbocycles. The Hall–Kier alpha value is -6.45. The van der Waals surface area contributed by atoms with Crippen LogP contribution in [0.2, 0.25) is 0 Å². The van der Waals surface area contributed by atoms with Crippen molar-refractivity contribution in [1.29, 1.82) is 0 Å². The van der Waals surface area contributed by atoms with Crippen LogP contribution < -0.4 is 0 Å². The van der Waals surface area contributed by atoms with E-state index in [0.717, 1.165) is 55.6 Å². The molecule has 0 aliphatic heterocycles. The van der Waals surface area contributed by atoms with E-state index in [-0.39, 0.29) is 0 Å². The maximum absolute atomic E-state index is 5.18. The van der Waals surface area contributed by atoms with Crippen molar-refractivity contribution in [2.24, 2.45) is 0 Å². The molecule has 0 atom stereocenters. The van der Waals surface area contributed by atoms with E-state index in [1.807, 2.05) is 42.6 Å². The zero-order valence-corrected chi connectivity index (χ0v) is 26.1. The highest BCUT2D eigenvalue weighted by molar-refractivity contribution is 6.12. The first-order chi connectivity index (χ1) is 23.8. The quantitative estimate of drug-likeness (QED) is 0.182. The van der Waals surface area contributed by atoms with Gasteiger partial charge in [0.2, 0.25) is 0 Å². The van der Waals surface area contributed by atoms with Crippen molar-refractivity contribution in [1.82, 2.24) is 15.0 Å². The van der Waals surface area contributed by atoms with Crippen molar-refractivity contribution in [2.45, 2.75) is 0 Å². The summed E-state index contributed by atoms with van der Waals surface area (Å²) in [6.45, 7) is 0. The van der Waals surface area contributed by atoms with Gasteiger partial charge in [-0.25, -0.2) is 9.97 Å². The monoisotopic (exact) mass is 611 g/mol. The third kappa shape index (κ3) is 4.99. The molecule has 0 amide bonds. The minimum absolute atomic E-state index is 0.871. The molecule has 0 unspecified atom stereocenters. The summed E-state index contributed by atoms with van der Waals surface area (Å²) < 4.78 is 0. The highest BCUT2D eigenvalue weighted by atomic mass is 14.8. The molecule has 0 saturated heterocycles. The number of aromatic nitrogens is 3. The number of hydrogen-bond donors (Lipinski definition) is 0. The topological polar surface area (TPSA) is 38.7 Å². The van der Waals surface area contributed by atoms with Gasteiger partial charge >= 0.3 is 0 Å². The van der Waals surface area contributed by atoms with E-state index in [0.29, 0.717) is 0 Å². The van der Waals surface area contributed by atoms with E-state index in [1.54, 1.807) is 0 Å². The second-order valence-corrected chi connectivity index (χ2v) is 12.1. The van der Waals surface area contributed by atoms with Crippen LogP contribution in [0.15, 0.2) is 176 Å². The molecule has 9 rings (SSSR count). The fourth-order valence-corrected chi connectivity index (χ4v) is 6.70. The molecule has 0 fully saturated rings. The third-order valence-electron chi connectivity index (χ3n) is 9.11. The Morgan fingerprint density at radius 2 is 0.875 bits per heavy atom. The van der Waals surface area contributed by atoms with Crippen LogP contribution in [0.3, 0.4) is 0 Å². The smallest absolute Gasteiger partial charge is 0.0973 e. The van der Waals surface area contributed by atoms with Gasteiger partial charge < -0.3 is 0 Å². The molecule has 0 radical (unpaired) electrons. The lowest BCUT2D eigenvalue weighted by Crippen LogP contribution is -1.96. The van der Waals surface area contributed by atoms with Gasteiger partial charge in [0.15, 0.2) is 0 Å². The van der Waals surface area contributed by atoms with Crippen molar-refractivity contribution in [3.8, 4) is 55.9 Å². The fourth-order valence-electron chi connectivity index (χ4n) is 6.70. The lowest BCUT2D eigenvalue weighted by molar-refractivity contribution is 1.29. The van der Waals surface area contributed by atoms with Gasteiger partial charge in [0.1, 0.15) is 0 Å². The fraction of sp³-hybridized carbons (Fsp3) is 0. The van der Waals surface area contributed by atoms with Gasteiger partial charge in [0, 0.05) is 28.1 Å². The number of hydrogen-bond acceptors (Lipinski definition) is 3. The Kier molecular flexibility index (Phi) is 6.80. The first-order valence-corrected chi connectivity index (χ1v) is 16.2. The average molecular weight is 612 g/mol. The Balaban J connectivity index is 1.11. The van der Waals surface area contributed by atoms with Crippen LogP contribution in [0.25, 0.3) is 88.6 Å². The van der Waals surface area contributed by atoms with Crippen molar-refractivity contribution >= 4 is 32.7 Å². The van der Waals surface area contributed by atoms with E-state index in [2.05, 4.69) is 138 Å². The molecule has 0 bridgehead atoms. The number of benzene rings is 7. The zero-order chi connectivity index (χ0) is 31.9. The molecule has 3 heteroatoms. The summed E-state index contributed by atoms with van der Waals surface area (Å²) in [6, 6.07) is 59.6. The zero-order valence-electron chi connectivity index (χ0n) is 26.1. The van der Waals surface area contributed by atoms with E-state index < -0.39 is 0 Å². The molecule has 0 N–H and O–H groups in total. The van der Waals surface area contributed by atoms with Crippen LogP contribution in [0, 0.1) is 0 Å². The van der Waals surface area contributed by atoms with Gasteiger partial charge in [0.05, 0.1) is 27.9 Å². The van der Waals surface area contributed by atoms with Crippen LogP contribution in [0.1, 0.15) is 0 Å². The van der Waals surface area contributed by atoms with Crippen LogP contribution >= 0.6 is 0 Å². The molecule has 0 aliphatic carbocycles. The van der Waals surface area contributed by atoms with E-state index in [9.17, 15) is 0 Å². The Morgan fingerprint density at radius 3 is 1.62 bits per heavy atom. The van der Waals surface area contributed by atoms with E-state index in [4.69, 9.17) is 9.97 Å². The Labute approximate surface area is 278 Å². The Bertz CT molecular complexity index is 2590. The summed E-state index contributed by atoms with van der Waals surface area (Å²) in [5.41, 5.74) is 13.6. The lowest BCUT2D eigenvalue weighted by atomic mass is 9.93. The number of pyridine rings is 1. The third-order valence-corrected chi connectivity index (χ3v) is 9.11. The molecular weight excluding hydrogens is 583 g/mol. The molecule has 224 valence electrons. The molecule has 9 aromatic rings. The maximum Gasteiger partial charge on any atom is 0.0973 e. The summed E-state index contributed by atoms with van der Waals surface area (Å²) in [5.74, 6) is 0. The normalized spacial score (nSPS) is 11.3. The number of rotatable bonds is 5. The molecule has 0 aliphatic rings. The molecule has 0 spiro atoms. The van der Waals surface area contributed by atoms with Crippen molar-refractivity contribution in [2.75, 3.05) is 0 Å². The summed E-state index contributed by atoms with van der Waals surface area (Å²) in [5, 5.41) is 3.52. The molecule has 7 aromatic carbocycles. The molecule has 3 nitrogen and oxygen atoms in total. The predicted octanol–water partition coefficient (Wildman–Crippen LogP) is 11.7. The molecule has 2 heterocycles. The molecule has 2 aromatic heterocycles. The van der Waals surface area contributed by atoms with Crippen LogP contribution in [0.5, 0.6) is 0 Å². The first kappa shape index (κ1) is 27.8. The van der Waals surface area contributed by atoms with Crippen molar-refractivity contribution < 1.29 is 0 Å². The summed E-state index contributed by atoms with van der Waals surface area (Å²) in [6.07, 6.45) is 1.87. The predicted molar refractivity (Wildman–Crippen MR) is 200 cm³/mol. The minimum atomic E-state index is 0.871. The second kappa shape index (κ2) is 11.7. The molecular formula is C45H29N3. The standard InChI is InChI=1S/C45H29N3/c1-2-10-30(11-3-1)31-21-25-34(26-22-31)44-45(48-42-18-7-6-17-41(42)47-44)36-13-8-12-35(28-36)32-19-23-33(24-20-32)40-29-37-14-9-27-46-43(37)39-16-5-4-15-38(39)40/h1-29H. The van der Waals surface area contributed by atoms with Gasteiger partial charge in [-0.1, -0.05) is 140 Å². The van der Waals surface area contributed by atoms with Gasteiger partial charge in [-0.2, -0.15) is 0 Å². The van der Waals surface area contributed by atoms with Crippen LogP contribution in [-0.4, -0.2) is 15.0 Å². The largest absolute Gasteiger partial charge is 0.256 e. The van der Waals surface area contributed by atoms with E-state index in [1.165, 1.54) is 33.0 Å². The van der Waals surface area contributed by atoms with Crippen LogP contribution in [0.4, 0.5) is 0 Å². The highest BCUT2D eigenvalue weighted by Crippen LogP contribution is 2.37. The number of nitrogens with zero attached hydrogens (tertiary/aromatic N) is 3. The minimum Gasteiger partial charge on any atom is -0.256 e. The Morgan fingerprint density at radius 1 is 0.333 bits per heavy atom.